The number of aliphatic imine (C=N–C) groups is 1. The number of methoxy groups -OCH3 is 1. The van der Waals surface area contributed by atoms with Crippen LogP contribution in [0.15, 0.2) is 71.7 Å². The zero-order valence-electron chi connectivity index (χ0n) is 17.5. The Morgan fingerprint density at radius 1 is 1.06 bits per heavy atom. The molecule has 0 fully saturated rings. The highest BCUT2D eigenvalue weighted by Crippen LogP contribution is 2.39. The highest BCUT2D eigenvalue weighted by atomic mass is 35.5. The van der Waals surface area contributed by atoms with E-state index in [4.69, 9.17) is 26.1 Å². The van der Waals surface area contributed by atoms with Gasteiger partial charge in [-0.3, -0.25) is 10.3 Å². The second-order valence-electron chi connectivity index (χ2n) is 7.28. The van der Waals surface area contributed by atoms with Crippen molar-refractivity contribution < 1.29 is 14.6 Å². The molecule has 0 saturated heterocycles. The number of hydrogen-bond acceptors (Lipinski definition) is 5. The van der Waals surface area contributed by atoms with Crippen molar-refractivity contribution in [2.24, 2.45) is 4.99 Å². The molecular formula is C25H25ClN2O3. The van der Waals surface area contributed by atoms with E-state index in [2.05, 4.69) is 5.32 Å². The molecule has 160 valence electrons. The minimum Gasteiger partial charge on any atom is -0.504 e. The molecule has 3 aromatic carbocycles. The van der Waals surface area contributed by atoms with Gasteiger partial charge in [-0.1, -0.05) is 54.1 Å². The number of phenolic OH excluding ortho intramolecular Hbond substituents is 1. The largest absolute Gasteiger partial charge is 0.504 e. The number of hydrogen-bond donors (Lipinski definition) is 2. The minimum absolute atomic E-state index is 0.145. The van der Waals surface area contributed by atoms with Gasteiger partial charge in [0.1, 0.15) is 11.9 Å². The fourth-order valence-electron chi connectivity index (χ4n) is 3.83. The molecule has 0 bridgehead atoms. The predicted octanol–water partition coefficient (Wildman–Crippen LogP) is 5.68. The first-order chi connectivity index (χ1) is 15.1. The fourth-order valence-corrected chi connectivity index (χ4v) is 4.07. The minimum atomic E-state index is -0.358. The van der Waals surface area contributed by atoms with Crippen LogP contribution in [0.2, 0.25) is 5.02 Å². The van der Waals surface area contributed by atoms with Crippen molar-refractivity contribution in [3.63, 3.8) is 0 Å². The Hall–Kier alpha value is -3.02. The molecule has 4 rings (SSSR count). The van der Waals surface area contributed by atoms with Gasteiger partial charge in [0, 0.05) is 34.3 Å². The Kier molecular flexibility index (Phi) is 6.44. The first kappa shape index (κ1) is 21.2. The Morgan fingerprint density at radius 3 is 2.61 bits per heavy atom. The first-order valence-corrected chi connectivity index (χ1v) is 10.6. The van der Waals surface area contributed by atoms with Crippen molar-refractivity contribution in [3.05, 3.63) is 88.4 Å². The molecule has 31 heavy (non-hydrogen) atoms. The monoisotopic (exact) mass is 436 g/mol. The van der Waals surface area contributed by atoms with Crippen LogP contribution in [0.5, 0.6) is 17.2 Å². The maximum absolute atomic E-state index is 10.9. The van der Waals surface area contributed by atoms with Gasteiger partial charge in [0.2, 0.25) is 0 Å². The van der Waals surface area contributed by atoms with Crippen LogP contribution in [0.1, 0.15) is 42.2 Å². The Labute approximate surface area is 187 Å². The number of phenols is 1. The van der Waals surface area contributed by atoms with Crippen LogP contribution in [-0.2, 0) is 0 Å². The van der Waals surface area contributed by atoms with Crippen LogP contribution in [0, 0.1) is 0 Å². The summed E-state index contributed by atoms with van der Waals surface area (Å²) in [6.07, 6.45) is 0.237. The van der Waals surface area contributed by atoms with Crippen molar-refractivity contribution in [1.29, 1.82) is 0 Å². The SMILES string of the molecule is CCOc1cccc([C@H]2CC(c3cccc(OC)c3)=N[C@H](c3ccccc3Cl)N2)c1O. The predicted molar refractivity (Wildman–Crippen MR) is 123 cm³/mol. The van der Waals surface area contributed by atoms with Crippen LogP contribution >= 0.6 is 11.6 Å². The third kappa shape index (κ3) is 4.53. The number of ether oxygens (including phenoxy) is 2. The molecule has 1 aliphatic heterocycles. The molecule has 0 spiro atoms. The molecule has 6 heteroatoms. The molecule has 0 aromatic heterocycles. The van der Waals surface area contributed by atoms with Crippen molar-refractivity contribution in [1.82, 2.24) is 5.32 Å². The number of rotatable bonds is 6. The standard InChI is InChI=1S/C25H25ClN2O3/c1-3-31-23-13-7-11-19(24(23)29)22-15-21(16-8-6-9-17(14-16)30-2)27-25(28-22)18-10-4-5-12-20(18)26/h4-14,22,25,28-29H,3,15H2,1-2H3/t22-,25+/m1/s1. The number of para-hydroxylation sites is 1. The third-order valence-corrected chi connectivity index (χ3v) is 5.69. The summed E-state index contributed by atoms with van der Waals surface area (Å²) in [5.41, 5.74) is 3.53. The van der Waals surface area contributed by atoms with Crippen LogP contribution in [0.3, 0.4) is 0 Å². The molecule has 2 N–H and O–H groups in total. The molecule has 5 nitrogen and oxygen atoms in total. The molecule has 0 saturated carbocycles. The van der Waals surface area contributed by atoms with Gasteiger partial charge in [0.25, 0.3) is 0 Å². The van der Waals surface area contributed by atoms with E-state index in [1.807, 2.05) is 67.6 Å². The van der Waals surface area contributed by atoms with E-state index < -0.39 is 0 Å². The molecule has 3 aromatic rings. The van der Waals surface area contributed by atoms with Gasteiger partial charge in [-0.15, -0.1) is 0 Å². The van der Waals surface area contributed by atoms with Gasteiger partial charge < -0.3 is 14.6 Å². The van der Waals surface area contributed by atoms with Crippen LogP contribution < -0.4 is 14.8 Å². The summed E-state index contributed by atoms with van der Waals surface area (Å²) in [4.78, 5) is 4.98. The smallest absolute Gasteiger partial charge is 0.162 e. The lowest BCUT2D eigenvalue weighted by atomic mass is 9.93. The summed E-state index contributed by atoms with van der Waals surface area (Å²) in [7, 11) is 1.65. The van der Waals surface area contributed by atoms with E-state index in [9.17, 15) is 5.11 Å². The van der Waals surface area contributed by atoms with Crippen molar-refractivity contribution >= 4 is 17.3 Å². The van der Waals surface area contributed by atoms with Gasteiger partial charge in [-0.25, -0.2) is 0 Å². The molecule has 1 aliphatic rings. The highest BCUT2D eigenvalue weighted by molar-refractivity contribution is 6.31. The lowest BCUT2D eigenvalue weighted by molar-refractivity contribution is 0.313. The average Bonchev–Trinajstić information content (AvgIpc) is 2.80. The summed E-state index contributed by atoms with van der Waals surface area (Å²) in [6.45, 7) is 2.37. The normalized spacial score (nSPS) is 18.4. The Bertz CT molecular complexity index is 1100. The van der Waals surface area contributed by atoms with Crippen molar-refractivity contribution in [2.75, 3.05) is 13.7 Å². The van der Waals surface area contributed by atoms with Gasteiger partial charge in [-0.05, 0) is 36.8 Å². The van der Waals surface area contributed by atoms with Crippen molar-refractivity contribution in [3.8, 4) is 17.2 Å². The number of benzene rings is 3. The summed E-state index contributed by atoms with van der Waals surface area (Å²) >= 11 is 6.49. The molecule has 2 atom stereocenters. The van der Waals surface area contributed by atoms with Gasteiger partial charge in [-0.2, -0.15) is 0 Å². The van der Waals surface area contributed by atoms with Crippen molar-refractivity contribution in [2.45, 2.75) is 25.6 Å². The topological polar surface area (TPSA) is 63.1 Å². The zero-order valence-corrected chi connectivity index (χ0v) is 18.3. The molecule has 0 unspecified atom stereocenters. The number of nitrogens with one attached hydrogen (secondary N) is 1. The summed E-state index contributed by atoms with van der Waals surface area (Å²) in [5, 5.41) is 15.1. The van der Waals surface area contributed by atoms with Gasteiger partial charge in [0.15, 0.2) is 11.5 Å². The van der Waals surface area contributed by atoms with E-state index in [1.54, 1.807) is 13.2 Å². The van der Waals surface area contributed by atoms with Gasteiger partial charge in [0.05, 0.1) is 13.7 Å². The highest BCUT2D eigenvalue weighted by Gasteiger charge is 2.29. The average molecular weight is 437 g/mol. The lowest BCUT2D eigenvalue weighted by Gasteiger charge is -2.31. The first-order valence-electron chi connectivity index (χ1n) is 10.3. The lowest BCUT2D eigenvalue weighted by Crippen LogP contribution is -2.33. The number of halogens is 1. The molecular weight excluding hydrogens is 412 g/mol. The zero-order chi connectivity index (χ0) is 21.8. The quantitative estimate of drug-likeness (QED) is 0.522. The number of nitrogens with zero attached hydrogens (tertiary/aromatic N) is 1. The Balaban J connectivity index is 1.78. The number of aromatic hydroxyl groups is 1. The summed E-state index contributed by atoms with van der Waals surface area (Å²) < 4.78 is 11.0. The second kappa shape index (κ2) is 9.41. The molecule has 0 amide bonds. The summed E-state index contributed by atoms with van der Waals surface area (Å²) in [5.74, 6) is 1.39. The molecule has 0 aliphatic carbocycles. The van der Waals surface area contributed by atoms with E-state index in [1.165, 1.54) is 0 Å². The fraction of sp³-hybridized carbons (Fsp3) is 0.240. The van der Waals surface area contributed by atoms with Gasteiger partial charge >= 0.3 is 0 Å². The third-order valence-electron chi connectivity index (χ3n) is 5.35. The second-order valence-corrected chi connectivity index (χ2v) is 7.69. The Morgan fingerprint density at radius 2 is 1.84 bits per heavy atom. The summed E-state index contributed by atoms with van der Waals surface area (Å²) in [6, 6.07) is 20.9. The van der Waals surface area contributed by atoms with E-state index in [0.717, 1.165) is 28.2 Å². The van der Waals surface area contributed by atoms with E-state index in [0.29, 0.717) is 23.8 Å². The maximum atomic E-state index is 10.9. The van der Waals surface area contributed by atoms with E-state index >= 15 is 0 Å². The van der Waals surface area contributed by atoms with Crippen LogP contribution in [-0.4, -0.2) is 24.5 Å². The van der Waals surface area contributed by atoms with Crippen LogP contribution in [0.25, 0.3) is 0 Å². The maximum Gasteiger partial charge on any atom is 0.162 e. The molecule has 0 radical (unpaired) electrons. The molecule has 1 heterocycles. The van der Waals surface area contributed by atoms with Crippen LogP contribution in [0.4, 0.5) is 0 Å². The van der Waals surface area contributed by atoms with E-state index in [-0.39, 0.29) is 18.0 Å².